The van der Waals surface area contributed by atoms with E-state index in [0.29, 0.717) is 0 Å². The summed E-state index contributed by atoms with van der Waals surface area (Å²) in [5, 5.41) is 3.42. The Morgan fingerprint density at radius 1 is 1.35 bits per heavy atom. The average molecular weight is 235 g/mol. The Kier molecular flexibility index (Phi) is 3.74. The summed E-state index contributed by atoms with van der Waals surface area (Å²) in [6, 6.07) is 0. The molecule has 17 heavy (non-hydrogen) atoms. The van der Waals surface area contributed by atoms with E-state index in [-0.39, 0.29) is 11.6 Å². The minimum absolute atomic E-state index is 0.111. The topological polar surface area (TPSA) is 47.0 Å². The lowest BCUT2D eigenvalue weighted by Crippen LogP contribution is -2.35. The van der Waals surface area contributed by atoms with E-state index < -0.39 is 0 Å². The summed E-state index contributed by atoms with van der Waals surface area (Å²) in [5.74, 6) is 0.821. The fourth-order valence-electron chi connectivity index (χ4n) is 1.77. The second kappa shape index (κ2) is 5.10. The second-order valence-corrected chi connectivity index (χ2v) is 5.55. The molecule has 1 N–H and O–H groups in total. The first-order valence-electron chi connectivity index (χ1n) is 6.22. The molecule has 1 atom stereocenters. The number of hydrogen-bond acceptors (Lipinski definition) is 4. The van der Waals surface area contributed by atoms with Gasteiger partial charge in [0.2, 0.25) is 0 Å². The fraction of sp³-hybridized carbons (Fsp3) is 0.692. The Morgan fingerprint density at radius 2 is 2.06 bits per heavy atom. The maximum absolute atomic E-state index is 5.55. The average Bonchev–Trinajstić information content (AvgIpc) is 2.79. The molecule has 1 unspecified atom stereocenters. The quantitative estimate of drug-likeness (QED) is 0.872. The Hall–Kier alpha value is -1.00. The minimum Gasteiger partial charge on any atom is -0.370 e. The first-order valence-corrected chi connectivity index (χ1v) is 6.22. The summed E-state index contributed by atoms with van der Waals surface area (Å²) in [6.07, 6.45) is 6.05. The van der Waals surface area contributed by atoms with Crippen molar-refractivity contribution in [2.24, 2.45) is 0 Å². The van der Waals surface area contributed by atoms with Crippen LogP contribution in [0.15, 0.2) is 12.4 Å². The van der Waals surface area contributed by atoms with Crippen molar-refractivity contribution in [2.75, 3.05) is 6.61 Å². The van der Waals surface area contributed by atoms with Gasteiger partial charge in [-0.15, -0.1) is 0 Å². The van der Waals surface area contributed by atoms with Crippen molar-refractivity contribution in [2.45, 2.75) is 51.8 Å². The highest BCUT2D eigenvalue weighted by atomic mass is 16.5. The van der Waals surface area contributed by atoms with Gasteiger partial charge in [-0.2, -0.15) is 0 Å². The zero-order chi connectivity index (χ0) is 12.3. The van der Waals surface area contributed by atoms with Gasteiger partial charge in [0.1, 0.15) is 6.10 Å². The van der Waals surface area contributed by atoms with E-state index in [2.05, 4.69) is 36.1 Å². The lowest BCUT2D eigenvalue weighted by molar-refractivity contribution is 0.105. The molecule has 0 bridgehead atoms. The van der Waals surface area contributed by atoms with Gasteiger partial charge in [-0.3, -0.25) is 0 Å². The molecule has 1 saturated heterocycles. The summed E-state index contributed by atoms with van der Waals surface area (Å²) < 4.78 is 5.55. The van der Waals surface area contributed by atoms with Crippen LogP contribution in [0, 0.1) is 0 Å². The molecule has 1 fully saturated rings. The molecule has 1 aromatic heterocycles. The van der Waals surface area contributed by atoms with E-state index in [0.717, 1.165) is 37.4 Å². The lowest BCUT2D eigenvalue weighted by atomic mass is 10.1. The van der Waals surface area contributed by atoms with Gasteiger partial charge in [0.05, 0.1) is 0 Å². The molecule has 2 rings (SSSR count). The Bertz CT molecular complexity index is 350. The largest absolute Gasteiger partial charge is 0.370 e. The highest BCUT2D eigenvalue weighted by Gasteiger charge is 2.20. The molecule has 0 radical (unpaired) electrons. The summed E-state index contributed by atoms with van der Waals surface area (Å²) in [7, 11) is 0. The van der Waals surface area contributed by atoms with Crippen LogP contribution >= 0.6 is 0 Å². The zero-order valence-electron chi connectivity index (χ0n) is 10.9. The van der Waals surface area contributed by atoms with Gasteiger partial charge >= 0.3 is 0 Å². The number of ether oxygens (including phenoxy) is 1. The fourth-order valence-corrected chi connectivity index (χ4v) is 1.77. The summed E-state index contributed by atoms with van der Waals surface area (Å²) in [5.41, 5.74) is 1.23. The summed E-state index contributed by atoms with van der Waals surface area (Å²) in [4.78, 5) is 8.77. The second-order valence-electron chi connectivity index (χ2n) is 5.55. The van der Waals surface area contributed by atoms with E-state index >= 15 is 0 Å². The van der Waals surface area contributed by atoms with E-state index in [9.17, 15) is 0 Å². The smallest absolute Gasteiger partial charge is 0.157 e. The summed E-state index contributed by atoms with van der Waals surface area (Å²) in [6.45, 7) is 8.08. The van der Waals surface area contributed by atoms with Crippen LogP contribution in [0.1, 0.15) is 51.1 Å². The third-order valence-electron chi connectivity index (χ3n) is 2.77. The standard InChI is InChI=1S/C13H21N3O/c1-13(2,3)16-9-10-7-14-12(15-8-10)11-5-4-6-17-11/h7-8,11,16H,4-6,9H2,1-3H3. The van der Waals surface area contributed by atoms with Crippen LogP contribution in [0.25, 0.3) is 0 Å². The molecule has 1 aromatic rings. The van der Waals surface area contributed by atoms with Gasteiger partial charge in [0, 0.05) is 36.6 Å². The SMILES string of the molecule is CC(C)(C)NCc1cnc(C2CCCO2)nc1. The Balaban J connectivity index is 1.93. The molecular weight excluding hydrogens is 214 g/mol. The van der Waals surface area contributed by atoms with E-state index in [1.54, 1.807) is 0 Å². The van der Waals surface area contributed by atoms with Crippen molar-refractivity contribution < 1.29 is 4.74 Å². The third kappa shape index (κ3) is 3.75. The van der Waals surface area contributed by atoms with E-state index in [1.807, 2.05) is 12.4 Å². The van der Waals surface area contributed by atoms with Crippen LogP contribution in [0.3, 0.4) is 0 Å². The molecule has 1 aliphatic heterocycles. The lowest BCUT2D eigenvalue weighted by Gasteiger charge is -2.20. The molecule has 0 amide bonds. The highest BCUT2D eigenvalue weighted by Crippen LogP contribution is 2.25. The van der Waals surface area contributed by atoms with Gasteiger partial charge in [-0.05, 0) is 33.6 Å². The van der Waals surface area contributed by atoms with Crippen LogP contribution in [-0.4, -0.2) is 22.1 Å². The van der Waals surface area contributed by atoms with Crippen LogP contribution in [-0.2, 0) is 11.3 Å². The molecule has 2 heterocycles. The number of rotatable bonds is 3. The first kappa shape index (κ1) is 12.5. The predicted molar refractivity (Wildman–Crippen MR) is 66.6 cm³/mol. The molecule has 4 heteroatoms. The van der Waals surface area contributed by atoms with Crippen LogP contribution in [0.5, 0.6) is 0 Å². The molecule has 0 spiro atoms. The summed E-state index contributed by atoms with van der Waals surface area (Å²) >= 11 is 0. The van der Waals surface area contributed by atoms with Crippen LogP contribution < -0.4 is 5.32 Å². The van der Waals surface area contributed by atoms with Gasteiger partial charge < -0.3 is 10.1 Å². The van der Waals surface area contributed by atoms with Gasteiger partial charge in [-0.25, -0.2) is 9.97 Å². The third-order valence-corrected chi connectivity index (χ3v) is 2.77. The van der Waals surface area contributed by atoms with Crippen molar-refractivity contribution in [3.8, 4) is 0 Å². The van der Waals surface area contributed by atoms with E-state index in [4.69, 9.17) is 4.74 Å². The highest BCUT2D eigenvalue weighted by molar-refractivity contribution is 5.07. The van der Waals surface area contributed by atoms with Crippen molar-refractivity contribution in [1.82, 2.24) is 15.3 Å². The Labute approximate surface area is 103 Å². The minimum atomic E-state index is 0.111. The Morgan fingerprint density at radius 3 is 2.59 bits per heavy atom. The van der Waals surface area contributed by atoms with Crippen molar-refractivity contribution >= 4 is 0 Å². The monoisotopic (exact) mass is 235 g/mol. The molecule has 4 nitrogen and oxygen atoms in total. The first-order chi connectivity index (χ1) is 8.04. The van der Waals surface area contributed by atoms with E-state index in [1.165, 1.54) is 0 Å². The number of aromatic nitrogens is 2. The van der Waals surface area contributed by atoms with Gasteiger partial charge in [0.15, 0.2) is 5.82 Å². The number of nitrogens with one attached hydrogen (secondary N) is 1. The number of nitrogens with zero attached hydrogens (tertiary/aromatic N) is 2. The molecule has 0 aliphatic carbocycles. The number of hydrogen-bond donors (Lipinski definition) is 1. The molecular formula is C13H21N3O. The molecule has 94 valence electrons. The van der Waals surface area contributed by atoms with Crippen molar-refractivity contribution in [3.05, 3.63) is 23.8 Å². The van der Waals surface area contributed by atoms with Crippen LogP contribution in [0.2, 0.25) is 0 Å². The van der Waals surface area contributed by atoms with Crippen LogP contribution in [0.4, 0.5) is 0 Å². The molecule has 0 saturated carbocycles. The maximum atomic E-state index is 5.55. The van der Waals surface area contributed by atoms with Gasteiger partial charge in [-0.1, -0.05) is 0 Å². The van der Waals surface area contributed by atoms with Crippen molar-refractivity contribution in [3.63, 3.8) is 0 Å². The molecule has 0 aromatic carbocycles. The normalized spacial score (nSPS) is 20.8. The zero-order valence-corrected chi connectivity index (χ0v) is 10.9. The molecule has 1 aliphatic rings. The van der Waals surface area contributed by atoms with Gasteiger partial charge in [0.25, 0.3) is 0 Å². The maximum Gasteiger partial charge on any atom is 0.157 e. The predicted octanol–water partition coefficient (Wildman–Crippen LogP) is 2.22. The van der Waals surface area contributed by atoms with Crippen molar-refractivity contribution in [1.29, 1.82) is 0 Å².